The van der Waals surface area contributed by atoms with Crippen molar-refractivity contribution in [1.82, 2.24) is 25.8 Å². The molecule has 0 aromatic heterocycles. The molecule has 3 unspecified atom stereocenters. The van der Waals surface area contributed by atoms with Gasteiger partial charge < -0.3 is 31.5 Å². The topological polar surface area (TPSA) is 137 Å². The first kappa shape index (κ1) is 37.5. The Morgan fingerprint density at radius 2 is 1.73 bits per heavy atom. The van der Waals surface area contributed by atoms with Crippen LogP contribution in [0.1, 0.15) is 69.4 Å². The van der Waals surface area contributed by atoms with E-state index in [2.05, 4.69) is 16.0 Å². The van der Waals surface area contributed by atoms with Crippen LogP contribution in [0.2, 0.25) is 10.0 Å². The third kappa shape index (κ3) is 10.6. The van der Waals surface area contributed by atoms with E-state index in [0.29, 0.717) is 68.5 Å². The summed E-state index contributed by atoms with van der Waals surface area (Å²) in [4.78, 5) is 57.7. The second kappa shape index (κ2) is 18.4. The van der Waals surface area contributed by atoms with E-state index in [9.17, 15) is 19.2 Å². The lowest BCUT2D eigenvalue weighted by molar-refractivity contribution is -0.142. The molecule has 2 aromatic rings. The minimum absolute atomic E-state index is 0.0751. The summed E-state index contributed by atoms with van der Waals surface area (Å²) in [6.45, 7) is 4.80. The van der Waals surface area contributed by atoms with Gasteiger partial charge in [-0.15, -0.1) is 0 Å². The molecule has 0 bridgehead atoms. The van der Waals surface area contributed by atoms with Crippen molar-refractivity contribution in [3.8, 4) is 0 Å². The lowest BCUT2D eigenvalue weighted by Crippen LogP contribution is -2.60. The van der Waals surface area contributed by atoms with E-state index < -0.39 is 17.5 Å². The van der Waals surface area contributed by atoms with Crippen LogP contribution in [0, 0.1) is 5.41 Å². The molecule has 48 heavy (non-hydrogen) atoms. The summed E-state index contributed by atoms with van der Waals surface area (Å²) in [6.07, 6.45) is 6.58. The number of hydrogen-bond donors (Lipinski definition) is 4. The normalized spacial score (nSPS) is 20.1. The van der Waals surface area contributed by atoms with Gasteiger partial charge in [-0.05, 0) is 81.7 Å². The molecule has 5 N–H and O–H groups in total. The highest BCUT2D eigenvalue weighted by Gasteiger charge is 2.44. The van der Waals surface area contributed by atoms with Crippen molar-refractivity contribution in [2.45, 2.75) is 83.2 Å². The highest BCUT2D eigenvalue weighted by atomic mass is 35.5. The largest absolute Gasteiger partial charge is 0.356 e. The number of unbranched alkanes of at least 4 members (excludes halogenated alkanes) is 2. The number of benzene rings is 2. The van der Waals surface area contributed by atoms with Gasteiger partial charge in [0.1, 0.15) is 6.04 Å². The van der Waals surface area contributed by atoms with E-state index in [-0.39, 0.29) is 36.7 Å². The number of rotatable bonds is 14. The summed E-state index contributed by atoms with van der Waals surface area (Å²) in [5.74, 6) is -0.257. The molecule has 2 heterocycles. The Kier molecular flexibility index (Phi) is 14.4. The van der Waals surface area contributed by atoms with Gasteiger partial charge in [-0.25, -0.2) is 4.79 Å². The third-order valence-corrected chi connectivity index (χ3v) is 10.1. The number of piperidine rings is 2. The molecule has 2 aromatic carbocycles. The standard InChI is InChI=1S/C36H50Cl2N6O4/c1-2-40-34(47)36(23-26-11-5-3-6-12-26)17-10-20-44(25-36)33(46)31(22-27-15-16-29(37)30(38)21-27)42-35(48)41-28-13-9-19-43(24-28)32(45)14-7-4-8-18-39/h3,5-6,11-12,15-16,21,28,31H,2,4,7-10,13-14,17-20,22-25,39H2,1H3,(H,40,47)(H2,41,42,48). The quantitative estimate of drug-likeness (QED) is 0.212. The molecule has 2 saturated heterocycles. The molecule has 5 amide bonds. The fraction of sp³-hybridized carbons (Fsp3) is 0.556. The molecule has 0 spiro atoms. The number of amides is 5. The average molecular weight is 702 g/mol. The minimum atomic E-state index is -0.923. The van der Waals surface area contributed by atoms with Crippen molar-refractivity contribution in [1.29, 1.82) is 0 Å². The predicted octanol–water partition coefficient (Wildman–Crippen LogP) is 4.70. The number of nitrogens with one attached hydrogen (secondary N) is 3. The van der Waals surface area contributed by atoms with Crippen molar-refractivity contribution in [3.05, 3.63) is 69.7 Å². The number of carbonyl (C=O) groups excluding carboxylic acids is 4. The Balaban J connectivity index is 1.49. The van der Waals surface area contributed by atoms with Crippen LogP contribution in [-0.4, -0.2) is 84.9 Å². The summed E-state index contributed by atoms with van der Waals surface area (Å²) in [7, 11) is 0. The molecule has 0 aliphatic carbocycles. The Labute approximate surface area is 294 Å². The van der Waals surface area contributed by atoms with E-state index in [1.807, 2.05) is 42.2 Å². The maximum Gasteiger partial charge on any atom is 0.315 e. The van der Waals surface area contributed by atoms with Gasteiger partial charge in [0.05, 0.1) is 15.5 Å². The van der Waals surface area contributed by atoms with Crippen molar-refractivity contribution in [3.63, 3.8) is 0 Å². The molecule has 2 aliphatic heterocycles. The van der Waals surface area contributed by atoms with E-state index in [1.54, 1.807) is 23.1 Å². The second-order valence-electron chi connectivity index (χ2n) is 13.1. The molecule has 2 aliphatic rings. The summed E-state index contributed by atoms with van der Waals surface area (Å²) in [6, 6.07) is 13.4. The summed E-state index contributed by atoms with van der Waals surface area (Å²) in [5.41, 5.74) is 6.54. The van der Waals surface area contributed by atoms with E-state index in [0.717, 1.165) is 43.2 Å². The first-order valence-corrected chi connectivity index (χ1v) is 18.0. The molecular weight excluding hydrogens is 651 g/mol. The van der Waals surface area contributed by atoms with Crippen molar-refractivity contribution < 1.29 is 19.2 Å². The smallest absolute Gasteiger partial charge is 0.315 e. The monoisotopic (exact) mass is 700 g/mol. The third-order valence-electron chi connectivity index (χ3n) is 9.32. The Hall–Kier alpha value is -3.34. The molecule has 12 heteroatoms. The van der Waals surface area contributed by atoms with Crippen LogP contribution < -0.4 is 21.7 Å². The van der Waals surface area contributed by atoms with Gasteiger partial charge in [0.2, 0.25) is 17.7 Å². The lowest BCUT2D eigenvalue weighted by atomic mass is 9.74. The molecule has 0 radical (unpaired) electrons. The van der Waals surface area contributed by atoms with Gasteiger partial charge in [0, 0.05) is 51.6 Å². The van der Waals surface area contributed by atoms with E-state index >= 15 is 0 Å². The maximum absolute atomic E-state index is 14.3. The van der Waals surface area contributed by atoms with Crippen molar-refractivity contribution in [2.24, 2.45) is 11.1 Å². The maximum atomic E-state index is 14.3. The molecule has 0 saturated carbocycles. The highest BCUT2D eigenvalue weighted by Crippen LogP contribution is 2.35. The van der Waals surface area contributed by atoms with Gasteiger partial charge in [-0.3, -0.25) is 14.4 Å². The molecule has 10 nitrogen and oxygen atoms in total. The van der Waals surface area contributed by atoms with Gasteiger partial charge in [0.15, 0.2) is 0 Å². The lowest BCUT2D eigenvalue weighted by Gasteiger charge is -2.43. The zero-order valence-electron chi connectivity index (χ0n) is 27.9. The number of halogens is 2. The first-order valence-electron chi connectivity index (χ1n) is 17.2. The predicted molar refractivity (Wildman–Crippen MR) is 190 cm³/mol. The van der Waals surface area contributed by atoms with Gasteiger partial charge in [-0.2, -0.15) is 0 Å². The molecule has 3 atom stereocenters. The first-order chi connectivity index (χ1) is 23.1. The fourth-order valence-electron chi connectivity index (χ4n) is 6.85. The highest BCUT2D eigenvalue weighted by molar-refractivity contribution is 6.42. The van der Waals surface area contributed by atoms with Crippen molar-refractivity contribution >= 4 is 47.0 Å². The van der Waals surface area contributed by atoms with Gasteiger partial charge in [-0.1, -0.05) is 66.0 Å². The molecule has 2 fully saturated rings. The van der Waals surface area contributed by atoms with Crippen LogP contribution in [-0.2, 0) is 27.2 Å². The number of urea groups is 1. The molecule has 262 valence electrons. The Morgan fingerprint density at radius 1 is 0.958 bits per heavy atom. The number of hydrogen-bond acceptors (Lipinski definition) is 5. The van der Waals surface area contributed by atoms with Crippen molar-refractivity contribution in [2.75, 3.05) is 39.3 Å². The summed E-state index contributed by atoms with van der Waals surface area (Å²) >= 11 is 12.5. The van der Waals surface area contributed by atoms with E-state index in [4.69, 9.17) is 28.9 Å². The van der Waals surface area contributed by atoms with E-state index in [1.165, 1.54) is 0 Å². The number of carbonyl (C=O) groups is 4. The van der Waals surface area contributed by atoms with Gasteiger partial charge >= 0.3 is 6.03 Å². The van der Waals surface area contributed by atoms with Crippen LogP contribution in [0.4, 0.5) is 4.79 Å². The zero-order chi connectivity index (χ0) is 34.5. The van der Waals surface area contributed by atoms with Crippen LogP contribution in [0.3, 0.4) is 0 Å². The van der Waals surface area contributed by atoms with Gasteiger partial charge in [0.25, 0.3) is 0 Å². The molecular formula is C36H50Cl2N6O4. The Bertz CT molecular complexity index is 1400. The van der Waals surface area contributed by atoms with Crippen LogP contribution >= 0.6 is 23.2 Å². The number of nitrogens with zero attached hydrogens (tertiary/aromatic N) is 2. The summed E-state index contributed by atoms with van der Waals surface area (Å²) < 4.78 is 0. The second-order valence-corrected chi connectivity index (χ2v) is 13.9. The molecule has 4 rings (SSSR count). The number of likely N-dealkylation sites (tertiary alicyclic amines) is 2. The summed E-state index contributed by atoms with van der Waals surface area (Å²) in [5, 5.41) is 9.71. The number of nitrogens with two attached hydrogens (primary N) is 1. The van der Waals surface area contributed by atoms with Crippen LogP contribution in [0.15, 0.2) is 48.5 Å². The zero-order valence-corrected chi connectivity index (χ0v) is 29.5. The minimum Gasteiger partial charge on any atom is -0.356 e. The van der Waals surface area contributed by atoms with Crippen LogP contribution in [0.5, 0.6) is 0 Å². The fourth-order valence-corrected chi connectivity index (χ4v) is 7.17. The average Bonchev–Trinajstić information content (AvgIpc) is 3.08. The van der Waals surface area contributed by atoms with Crippen LogP contribution in [0.25, 0.3) is 0 Å². The Morgan fingerprint density at radius 3 is 2.46 bits per heavy atom. The SMILES string of the molecule is CCNC(=O)C1(Cc2ccccc2)CCCN(C(=O)C(Cc2ccc(Cl)c(Cl)c2)NC(=O)NC2CCCN(C(=O)CCCCCN)C2)C1.